The zero-order valence-electron chi connectivity index (χ0n) is 14.3. The van der Waals surface area contributed by atoms with Crippen molar-refractivity contribution in [1.29, 1.82) is 0 Å². The van der Waals surface area contributed by atoms with Gasteiger partial charge in [-0.25, -0.2) is 4.79 Å². The van der Waals surface area contributed by atoms with Crippen molar-refractivity contribution in [3.8, 4) is 0 Å². The lowest BCUT2D eigenvalue weighted by atomic mass is 10.2. The smallest absolute Gasteiger partial charge is 0.323 e. The lowest BCUT2D eigenvalue weighted by Gasteiger charge is -2.20. The van der Waals surface area contributed by atoms with Gasteiger partial charge in [-0.05, 0) is 31.2 Å². The molecule has 0 bridgehead atoms. The summed E-state index contributed by atoms with van der Waals surface area (Å²) in [5.41, 5.74) is 7.80. The van der Waals surface area contributed by atoms with Gasteiger partial charge in [0.05, 0.1) is 16.3 Å². The number of urea groups is 1. The molecule has 26 heavy (non-hydrogen) atoms. The Morgan fingerprint density at radius 1 is 0.846 bits per heavy atom. The van der Waals surface area contributed by atoms with E-state index in [0.29, 0.717) is 5.56 Å². The summed E-state index contributed by atoms with van der Waals surface area (Å²) >= 11 is 0. The van der Waals surface area contributed by atoms with Crippen molar-refractivity contribution in [2.45, 2.75) is 6.92 Å². The molecule has 0 heterocycles. The van der Waals surface area contributed by atoms with E-state index < -0.39 is 6.03 Å². The van der Waals surface area contributed by atoms with Crippen LogP contribution >= 0.6 is 0 Å². The van der Waals surface area contributed by atoms with Gasteiger partial charge in [-0.15, -0.1) is 0 Å². The third-order valence-corrected chi connectivity index (χ3v) is 3.56. The Balaban J connectivity index is 0.000000209. The Bertz CT molecular complexity index is 828. The second-order valence-electron chi connectivity index (χ2n) is 5.39. The number of amides is 2. The molecule has 0 aliphatic rings. The molecule has 0 fully saturated rings. The monoisotopic (exact) mass is 349 g/mol. The molecule has 0 saturated carbocycles. The molecule has 132 valence electrons. The average Bonchev–Trinajstić information content (AvgIpc) is 2.64. The maximum Gasteiger partial charge on any atom is 0.323 e. The van der Waals surface area contributed by atoms with E-state index in [9.17, 15) is 14.9 Å². The minimum Gasteiger partial charge on any atom is -0.351 e. The zero-order chi connectivity index (χ0) is 18.9. The molecule has 2 N–H and O–H groups in total. The summed E-state index contributed by atoms with van der Waals surface area (Å²) in [6.45, 7) is 1.72. The molecule has 0 unspecified atom stereocenters. The molecular weight excluding hydrogens is 330 g/mol. The molecule has 0 spiro atoms. The number of nitro benzene ring substituents is 1. The summed E-state index contributed by atoms with van der Waals surface area (Å²) < 4.78 is 0. The molecule has 0 aliphatic carbocycles. The number of rotatable bonds is 3. The Morgan fingerprint density at radius 3 is 1.62 bits per heavy atom. The molecule has 6 nitrogen and oxygen atoms in total. The number of carbonyl (C=O) groups is 1. The third kappa shape index (κ3) is 4.91. The molecule has 3 rings (SSSR count). The van der Waals surface area contributed by atoms with Gasteiger partial charge >= 0.3 is 6.03 Å². The lowest BCUT2D eigenvalue weighted by molar-refractivity contribution is -0.385. The van der Waals surface area contributed by atoms with Gasteiger partial charge in [0.2, 0.25) is 0 Å². The minimum atomic E-state index is -0.489. The number of anilines is 2. The number of nitrogens with two attached hydrogens (primary N) is 1. The first-order valence-corrected chi connectivity index (χ1v) is 7.90. The average molecular weight is 349 g/mol. The number of benzene rings is 3. The van der Waals surface area contributed by atoms with Crippen LogP contribution in [0.4, 0.5) is 21.9 Å². The number of primary amides is 1. The van der Waals surface area contributed by atoms with E-state index in [4.69, 9.17) is 5.73 Å². The number of aryl methyl sites for hydroxylation is 1. The molecular formula is C20H19N3O3. The van der Waals surface area contributed by atoms with Crippen LogP contribution in [0.1, 0.15) is 5.56 Å². The zero-order valence-corrected chi connectivity index (χ0v) is 14.3. The lowest BCUT2D eigenvalue weighted by Crippen LogP contribution is -2.31. The number of carbonyl (C=O) groups excluding carboxylic acids is 1. The Labute approximate surface area is 151 Å². The van der Waals surface area contributed by atoms with Crippen LogP contribution in [0, 0.1) is 17.0 Å². The Hall–Kier alpha value is -3.67. The van der Waals surface area contributed by atoms with Gasteiger partial charge in [0.15, 0.2) is 0 Å². The van der Waals surface area contributed by atoms with Crippen LogP contribution < -0.4 is 10.6 Å². The molecule has 0 saturated heterocycles. The number of hydrogen-bond donors (Lipinski definition) is 1. The van der Waals surface area contributed by atoms with Crippen molar-refractivity contribution in [3.05, 3.63) is 101 Å². The summed E-state index contributed by atoms with van der Waals surface area (Å²) in [4.78, 5) is 22.8. The fourth-order valence-corrected chi connectivity index (χ4v) is 2.33. The van der Waals surface area contributed by atoms with Crippen molar-refractivity contribution in [2.24, 2.45) is 5.73 Å². The van der Waals surface area contributed by atoms with Crippen LogP contribution in [-0.4, -0.2) is 11.0 Å². The van der Waals surface area contributed by atoms with Crippen LogP contribution in [0.2, 0.25) is 0 Å². The van der Waals surface area contributed by atoms with Crippen LogP contribution in [0.5, 0.6) is 0 Å². The molecule has 0 aliphatic heterocycles. The second kappa shape index (κ2) is 8.98. The molecule has 0 aromatic heterocycles. The fourth-order valence-electron chi connectivity index (χ4n) is 2.33. The SMILES string of the molecule is Cc1ccccc1[N+](=O)[O-].NC(=O)N(c1ccccc1)c1ccccc1. The first-order valence-electron chi connectivity index (χ1n) is 7.90. The highest BCUT2D eigenvalue weighted by Crippen LogP contribution is 2.24. The summed E-state index contributed by atoms with van der Waals surface area (Å²) in [7, 11) is 0. The molecule has 0 atom stereocenters. The Morgan fingerprint density at radius 2 is 1.27 bits per heavy atom. The van der Waals surface area contributed by atoms with E-state index in [1.54, 1.807) is 25.1 Å². The van der Waals surface area contributed by atoms with Crippen molar-refractivity contribution < 1.29 is 9.72 Å². The van der Waals surface area contributed by atoms with Gasteiger partial charge in [-0.2, -0.15) is 0 Å². The largest absolute Gasteiger partial charge is 0.351 e. The predicted molar refractivity (Wildman–Crippen MR) is 102 cm³/mol. The molecule has 3 aromatic rings. The highest BCUT2D eigenvalue weighted by molar-refractivity contribution is 5.98. The van der Waals surface area contributed by atoms with Crippen molar-refractivity contribution >= 4 is 23.1 Å². The van der Waals surface area contributed by atoms with E-state index in [1.165, 1.54) is 11.0 Å². The Kier molecular flexibility index (Phi) is 6.45. The molecule has 3 aromatic carbocycles. The summed E-state index contributed by atoms with van der Waals surface area (Å²) in [5.74, 6) is 0. The molecule has 0 radical (unpaired) electrons. The number of nitrogens with zero attached hydrogens (tertiary/aromatic N) is 2. The number of nitro groups is 1. The van der Waals surface area contributed by atoms with Gasteiger partial charge < -0.3 is 5.73 Å². The van der Waals surface area contributed by atoms with Crippen LogP contribution in [-0.2, 0) is 0 Å². The summed E-state index contributed by atoms with van der Waals surface area (Å²) in [6.07, 6.45) is 0. The van der Waals surface area contributed by atoms with Gasteiger partial charge in [0.25, 0.3) is 5.69 Å². The van der Waals surface area contributed by atoms with Crippen molar-refractivity contribution in [3.63, 3.8) is 0 Å². The summed E-state index contributed by atoms with van der Waals surface area (Å²) in [6, 6.07) is 24.8. The molecule has 6 heteroatoms. The topological polar surface area (TPSA) is 89.5 Å². The van der Waals surface area contributed by atoms with Crippen LogP contribution in [0.3, 0.4) is 0 Å². The van der Waals surface area contributed by atoms with Gasteiger partial charge in [0.1, 0.15) is 0 Å². The third-order valence-electron chi connectivity index (χ3n) is 3.56. The maximum absolute atomic E-state index is 11.4. The second-order valence-corrected chi connectivity index (χ2v) is 5.39. The van der Waals surface area contributed by atoms with Gasteiger partial charge in [0, 0.05) is 11.6 Å². The quantitative estimate of drug-likeness (QED) is 0.543. The number of hydrogen-bond acceptors (Lipinski definition) is 3. The normalized spacial score (nSPS) is 9.58. The van der Waals surface area contributed by atoms with Crippen LogP contribution in [0.15, 0.2) is 84.9 Å². The van der Waals surface area contributed by atoms with Gasteiger partial charge in [-0.3, -0.25) is 15.0 Å². The van der Waals surface area contributed by atoms with E-state index >= 15 is 0 Å². The van der Waals surface area contributed by atoms with Crippen molar-refractivity contribution in [2.75, 3.05) is 4.90 Å². The fraction of sp³-hybridized carbons (Fsp3) is 0.0500. The van der Waals surface area contributed by atoms with E-state index in [2.05, 4.69) is 0 Å². The first kappa shape index (κ1) is 18.7. The standard InChI is InChI=1S/C13H12N2O.C7H7NO2/c14-13(16)15(11-7-3-1-4-8-11)12-9-5-2-6-10-12;1-6-4-2-3-5-7(6)8(9)10/h1-10H,(H2,14,16);2-5H,1H3. The van der Waals surface area contributed by atoms with Gasteiger partial charge in [-0.1, -0.05) is 54.6 Å². The minimum absolute atomic E-state index is 0.183. The van der Waals surface area contributed by atoms with Crippen molar-refractivity contribution in [1.82, 2.24) is 0 Å². The predicted octanol–water partition coefficient (Wildman–Crippen LogP) is 4.81. The van der Waals surface area contributed by atoms with E-state index in [1.807, 2.05) is 60.7 Å². The van der Waals surface area contributed by atoms with Crippen LogP contribution in [0.25, 0.3) is 0 Å². The van der Waals surface area contributed by atoms with E-state index in [0.717, 1.165) is 11.4 Å². The maximum atomic E-state index is 11.4. The first-order chi connectivity index (χ1) is 12.5. The van der Waals surface area contributed by atoms with E-state index in [-0.39, 0.29) is 10.6 Å². The summed E-state index contributed by atoms with van der Waals surface area (Å²) in [5, 5.41) is 10.2. The highest BCUT2D eigenvalue weighted by Gasteiger charge is 2.13. The highest BCUT2D eigenvalue weighted by atomic mass is 16.6. The molecule has 2 amide bonds. The number of para-hydroxylation sites is 3.